The van der Waals surface area contributed by atoms with Gasteiger partial charge in [-0.25, -0.2) is 0 Å². The maximum absolute atomic E-state index is 12.1. The summed E-state index contributed by atoms with van der Waals surface area (Å²) in [6.45, 7) is 8.68. The normalized spacial score (nSPS) is 26.9. The van der Waals surface area contributed by atoms with Gasteiger partial charge in [-0.15, -0.1) is 0 Å². The molecule has 3 atom stereocenters. The molecule has 1 aliphatic heterocycles. The fraction of sp³-hybridized carbons (Fsp3) is 0.846. The molecule has 0 radical (unpaired) electrons. The number of piperazine rings is 1. The third-order valence-corrected chi connectivity index (χ3v) is 3.37. The Labute approximate surface area is 104 Å². The molecule has 1 rings (SSSR count). The Kier molecular flexibility index (Phi) is 4.97. The van der Waals surface area contributed by atoms with E-state index >= 15 is 0 Å². The first-order valence-electron chi connectivity index (χ1n) is 6.62. The van der Waals surface area contributed by atoms with E-state index in [1.807, 2.05) is 6.92 Å². The van der Waals surface area contributed by atoms with Gasteiger partial charge >= 0.3 is 0 Å². The number of rotatable bonds is 5. The zero-order valence-corrected chi connectivity index (χ0v) is 11.3. The Morgan fingerprint density at radius 3 is 2.53 bits per heavy atom. The zero-order chi connectivity index (χ0) is 13.0. The predicted octanol–water partition coefficient (Wildman–Crippen LogP) is 1.55. The summed E-state index contributed by atoms with van der Waals surface area (Å²) in [4.78, 5) is 25.7. The van der Waals surface area contributed by atoms with Crippen LogP contribution in [0.1, 0.15) is 47.0 Å². The fourth-order valence-electron chi connectivity index (χ4n) is 2.46. The average Bonchev–Trinajstić information content (AvgIpc) is 2.26. The molecule has 4 heteroatoms. The molecule has 1 fully saturated rings. The van der Waals surface area contributed by atoms with Crippen LogP contribution in [-0.4, -0.2) is 35.3 Å². The second-order valence-corrected chi connectivity index (χ2v) is 5.04. The number of hydrogen-bond donors (Lipinski definition) is 1. The van der Waals surface area contributed by atoms with Crippen LogP contribution < -0.4 is 5.32 Å². The van der Waals surface area contributed by atoms with Gasteiger partial charge in [0.05, 0.1) is 0 Å². The van der Waals surface area contributed by atoms with Crippen molar-refractivity contribution >= 4 is 11.8 Å². The van der Waals surface area contributed by atoms with Gasteiger partial charge < -0.3 is 10.2 Å². The summed E-state index contributed by atoms with van der Waals surface area (Å²) in [5, 5.41) is 2.74. The van der Waals surface area contributed by atoms with E-state index in [0.717, 1.165) is 12.8 Å². The minimum absolute atomic E-state index is 0.0108. The summed E-state index contributed by atoms with van der Waals surface area (Å²) in [5.41, 5.74) is 0. The minimum Gasteiger partial charge on any atom is -0.343 e. The van der Waals surface area contributed by atoms with Crippen LogP contribution in [0.15, 0.2) is 0 Å². The van der Waals surface area contributed by atoms with Crippen LogP contribution in [0.3, 0.4) is 0 Å². The van der Waals surface area contributed by atoms with E-state index in [1.165, 1.54) is 0 Å². The molecule has 0 bridgehead atoms. The zero-order valence-electron chi connectivity index (χ0n) is 11.3. The number of hydrogen-bond acceptors (Lipinski definition) is 2. The van der Waals surface area contributed by atoms with Crippen molar-refractivity contribution in [3.8, 4) is 0 Å². The van der Waals surface area contributed by atoms with Gasteiger partial charge in [0, 0.05) is 6.54 Å². The number of amides is 2. The quantitative estimate of drug-likeness (QED) is 0.792. The molecule has 0 aromatic carbocycles. The van der Waals surface area contributed by atoms with Crippen molar-refractivity contribution in [1.29, 1.82) is 0 Å². The fourth-order valence-corrected chi connectivity index (χ4v) is 2.46. The van der Waals surface area contributed by atoms with Crippen molar-refractivity contribution in [3.63, 3.8) is 0 Å². The summed E-state index contributed by atoms with van der Waals surface area (Å²) >= 11 is 0. The number of nitrogens with zero attached hydrogens (tertiary/aromatic N) is 1. The van der Waals surface area contributed by atoms with Crippen molar-refractivity contribution in [3.05, 3.63) is 0 Å². The van der Waals surface area contributed by atoms with Gasteiger partial charge in [0.25, 0.3) is 0 Å². The maximum atomic E-state index is 12.1. The average molecular weight is 240 g/mol. The molecule has 1 aliphatic rings. The maximum Gasteiger partial charge on any atom is 0.245 e. The molecular weight excluding hydrogens is 216 g/mol. The van der Waals surface area contributed by atoms with Gasteiger partial charge in [0.1, 0.15) is 12.1 Å². The largest absolute Gasteiger partial charge is 0.343 e. The molecular formula is C13H24N2O2. The van der Waals surface area contributed by atoms with Crippen LogP contribution in [0.4, 0.5) is 0 Å². The lowest BCUT2D eigenvalue weighted by molar-refractivity contribution is -0.149. The SMILES string of the molecule is CCCC(C)CN1C(=O)C(C)NC(=O)C1CC. The highest BCUT2D eigenvalue weighted by Crippen LogP contribution is 2.17. The van der Waals surface area contributed by atoms with Crippen LogP contribution in [0, 0.1) is 5.92 Å². The molecule has 1 heterocycles. The molecule has 98 valence electrons. The van der Waals surface area contributed by atoms with Crippen molar-refractivity contribution in [2.75, 3.05) is 6.54 Å². The first-order chi connectivity index (χ1) is 8.01. The van der Waals surface area contributed by atoms with E-state index < -0.39 is 0 Å². The van der Waals surface area contributed by atoms with Crippen molar-refractivity contribution in [1.82, 2.24) is 10.2 Å². The molecule has 17 heavy (non-hydrogen) atoms. The van der Waals surface area contributed by atoms with E-state index in [9.17, 15) is 9.59 Å². The smallest absolute Gasteiger partial charge is 0.245 e. The first kappa shape index (κ1) is 14.0. The summed E-state index contributed by atoms with van der Waals surface area (Å²) in [6, 6.07) is -0.655. The van der Waals surface area contributed by atoms with Gasteiger partial charge in [0.2, 0.25) is 11.8 Å². The number of carbonyl (C=O) groups is 2. The monoisotopic (exact) mass is 240 g/mol. The Morgan fingerprint density at radius 1 is 1.35 bits per heavy atom. The van der Waals surface area contributed by atoms with Crippen LogP contribution in [0.2, 0.25) is 0 Å². The second kappa shape index (κ2) is 6.03. The van der Waals surface area contributed by atoms with E-state index in [-0.39, 0.29) is 23.9 Å². The van der Waals surface area contributed by atoms with Crippen LogP contribution in [-0.2, 0) is 9.59 Å². The lowest BCUT2D eigenvalue weighted by atomic mass is 10.0. The topological polar surface area (TPSA) is 49.4 Å². The van der Waals surface area contributed by atoms with E-state index in [1.54, 1.807) is 11.8 Å². The van der Waals surface area contributed by atoms with Crippen LogP contribution >= 0.6 is 0 Å². The lowest BCUT2D eigenvalue weighted by Crippen LogP contribution is -2.62. The molecule has 4 nitrogen and oxygen atoms in total. The predicted molar refractivity (Wildman–Crippen MR) is 67.5 cm³/mol. The van der Waals surface area contributed by atoms with E-state index in [0.29, 0.717) is 18.9 Å². The molecule has 1 saturated heterocycles. The molecule has 1 N–H and O–H groups in total. The third kappa shape index (κ3) is 3.20. The molecule has 0 saturated carbocycles. The lowest BCUT2D eigenvalue weighted by Gasteiger charge is -2.38. The highest BCUT2D eigenvalue weighted by Gasteiger charge is 2.37. The van der Waals surface area contributed by atoms with Gasteiger partial charge in [-0.1, -0.05) is 27.2 Å². The summed E-state index contributed by atoms with van der Waals surface area (Å²) in [6.07, 6.45) is 2.89. The van der Waals surface area contributed by atoms with Gasteiger partial charge in [-0.3, -0.25) is 9.59 Å². The summed E-state index contributed by atoms with van der Waals surface area (Å²) in [5.74, 6) is 0.499. The van der Waals surface area contributed by atoms with Gasteiger partial charge in [-0.05, 0) is 25.7 Å². The number of nitrogens with one attached hydrogen (secondary N) is 1. The standard InChI is InChI=1S/C13H24N2O2/c1-5-7-9(3)8-15-11(6-2)12(16)14-10(4)13(15)17/h9-11H,5-8H2,1-4H3,(H,14,16). The van der Waals surface area contributed by atoms with Gasteiger partial charge in [0.15, 0.2) is 0 Å². The molecule has 0 aliphatic carbocycles. The Morgan fingerprint density at radius 2 is 2.00 bits per heavy atom. The molecule has 0 spiro atoms. The van der Waals surface area contributed by atoms with Crippen molar-refractivity contribution < 1.29 is 9.59 Å². The Hall–Kier alpha value is -1.06. The molecule has 0 aromatic heterocycles. The number of carbonyl (C=O) groups excluding carboxylic acids is 2. The molecule has 3 unspecified atom stereocenters. The van der Waals surface area contributed by atoms with E-state index in [4.69, 9.17) is 0 Å². The van der Waals surface area contributed by atoms with Crippen molar-refractivity contribution in [2.24, 2.45) is 5.92 Å². The van der Waals surface area contributed by atoms with Crippen molar-refractivity contribution in [2.45, 2.75) is 59.0 Å². The first-order valence-corrected chi connectivity index (χ1v) is 6.62. The molecule has 2 amide bonds. The third-order valence-electron chi connectivity index (χ3n) is 3.37. The minimum atomic E-state index is -0.376. The highest BCUT2D eigenvalue weighted by molar-refractivity contribution is 5.96. The van der Waals surface area contributed by atoms with Crippen LogP contribution in [0.25, 0.3) is 0 Å². The highest BCUT2D eigenvalue weighted by atomic mass is 16.2. The second-order valence-electron chi connectivity index (χ2n) is 5.04. The Bertz CT molecular complexity index is 291. The van der Waals surface area contributed by atoms with Crippen LogP contribution in [0.5, 0.6) is 0 Å². The molecule has 0 aromatic rings. The van der Waals surface area contributed by atoms with Gasteiger partial charge in [-0.2, -0.15) is 0 Å². The summed E-state index contributed by atoms with van der Waals surface area (Å²) < 4.78 is 0. The Balaban J connectivity index is 2.75. The summed E-state index contributed by atoms with van der Waals surface area (Å²) in [7, 11) is 0. The van der Waals surface area contributed by atoms with E-state index in [2.05, 4.69) is 19.2 Å².